The standard InChI is InChI=1S/C14H21N/c1-5-13-7-6-12-8-10(2)11(3)9-14(12)15(13)4/h8-9,13H,5-7H2,1-4H3. The molecule has 0 saturated heterocycles. The minimum Gasteiger partial charge on any atom is -0.371 e. The molecule has 0 aliphatic carbocycles. The lowest BCUT2D eigenvalue weighted by atomic mass is 9.92. The average Bonchev–Trinajstić information content (AvgIpc) is 2.22. The fourth-order valence-electron chi connectivity index (χ4n) is 2.58. The van der Waals surface area contributed by atoms with Crippen LogP contribution in [0.2, 0.25) is 0 Å². The number of anilines is 1. The Morgan fingerprint density at radius 2 is 1.93 bits per heavy atom. The normalized spacial score (nSPS) is 20.3. The predicted octanol–water partition coefficient (Wildman–Crippen LogP) is 3.46. The SMILES string of the molecule is CCC1CCc2cc(C)c(C)cc2N1C. The van der Waals surface area contributed by atoms with E-state index in [4.69, 9.17) is 0 Å². The van der Waals surface area contributed by atoms with E-state index in [9.17, 15) is 0 Å². The monoisotopic (exact) mass is 203 g/mol. The van der Waals surface area contributed by atoms with Crippen molar-refractivity contribution in [3.8, 4) is 0 Å². The van der Waals surface area contributed by atoms with Gasteiger partial charge in [0.05, 0.1) is 0 Å². The summed E-state index contributed by atoms with van der Waals surface area (Å²) in [5, 5.41) is 0. The van der Waals surface area contributed by atoms with E-state index in [-0.39, 0.29) is 0 Å². The van der Waals surface area contributed by atoms with Crippen LogP contribution in [0.25, 0.3) is 0 Å². The molecule has 0 radical (unpaired) electrons. The Hall–Kier alpha value is -0.980. The zero-order chi connectivity index (χ0) is 11.0. The Kier molecular flexibility index (Phi) is 2.72. The topological polar surface area (TPSA) is 3.24 Å². The van der Waals surface area contributed by atoms with Crippen LogP contribution in [0, 0.1) is 13.8 Å². The Labute approximate surface area is 93.1 Å². The van der Waals surface area contributed by atoms with Gasteiger partial charge in [-0.1, -0.05) is 13.0 Å². The lowest BCUT2D eigenvalue weighted by Crippen LogP contribution is -2.35. The Bertz CT molecular complexity index is 368. The quantitative estimate of drug-likeness (QED) is 0.675. The van der Waals surface area contributed by atoms with Gasteiger partial charge in [-0.15, -0.1) is 0 Å². The number of hydrogen-bond acceptors (Lipinski definition) is 1. The van der Waals surface area contributed by atoms with Gasteiger partial charge in [-0.05, 0) is 55.9 Å². The van der Waals surface area contributed by atoms with Crippen LogP contribution in [0.15, 0.2) is 12.1 Å². The van der Waals surface area contributed by atoms with E-state index in [1.165, 1.54) is 41.6 Å². The summed E-state index contributed by atoms with van der Waals surface area (Å²) in [5.74, 6) is 0. The first-order valence-electron chi connectivity index (χ1n) is 5.96. The molecule has 1 nitrogen and oxygen atoms in total. The largest absolute Gasteiger partial charge is 0.371 e. The maximum atomic E-state index is 2.46. The molecule has 1 atom stereocenters. The zero-order valence-electron chi connectivity index (χ0n) is 10.3. The second-order valence-electron chi connectivity index (χ2n) is 4.78. The molecule has 0 amide bonds. The second kappa shape index (κ2) is 3.88. The van der Waals surface area contributed by atoms with Crippen LogP contribution in [0.1, 0.15) is 36.5 Å². The van der Waals surface area contributed by atoms with Crippen LogP contribution in [0.3, 0.4) is 0 Å². The first-order valence-corrected chi connectivity index (χ1v) is 5.96. The molecular weight excluding hydrogens is 182 g/mol. The van der Waals surface area contributed by atoms with Crippen LogP contribution in [-0.2, 0) is 6.42 Å². The van der Waals surface area contributed by atoms with E-state index < -0.39 is 0 Å². The molecule has 1 heterocycles. The molecule has 0 fully saturated rings. The molecule has 2 rings (SSSR count). The molecule has 1 heteroatoms. The molecule has 0 spiro atoms. The summed E-state index contributed by atoms with van der Waals surface area (Å²) in [7, 11) is 2.24. The summed E-state index contributed by atoms with van der Waals surface area (Å²) >= 11 is 0. The highest BCUT2D eigenvalue weighted by molar-refractivity contribution is 5.59. The highest BCUT2D eigenvalue weighted by atomic mass is 15.1. The molecule has 0 aromatic heterocycles. The molecule has 15 heavy (non-hydrogen) atoms. The molecule has 0 bridgehead atoms. The third kappa shape index (κ3) is 1.75. The summed E-state index contributed by atoms with van der Waals surface area (Å²) in [6.07, 6.45) is 3.81. The lowest BCUT2D eigenvalue weighted by molar-refractivity contribution is 0.541. The van der Waals surface area contributed by atoms with Gasteiger partial charge in [-0.3, -0.25) is 0 Å². The van der Waals surface area contributed by atoms with Crippen molar-refractivity contribution in [2.45, 2.75) is 46.1 Å². The molecule has 1 aromatic carbocycles. The summed E-state index contributed by atoms with van der Waals surface area (Å²) in [4.78, 5) is 2.46. The Morgan fingerprint density at radius 3 is 2.60 bits per heavy atom. The average molecular weight is 203 g/mol. The van der Waals surface area contributed by atoms with Gasteiger partial charge in [0.25, 0.3) is 0 Å². The molecule has 1 unspecified atom stereocenters. The van der Waals surface area contributed by atoms with Gasteiger partial charge in [-0.25, -0.2) is 0 Å². The van der Waals surface area contributed by atoms with Crippen LogP contribution in [0.4, 0.5) is 5.69 Å². The first-order chi connectivity index (χ1) is 7.13. The molecule has 1 aromatic rings. The summed E-state index contributed by atoms with van der Waals surface area (Å²) < 4.78 is 0. The van der Waals surface area contributed by atoms with E-state index in [1.54, 1.807) is 0 Å². The number of hydrogen-bond donors (Lipinski definition) is 0. The molecule has 82 valence electrons. The van der Waals surface area contributed by atoms with Gasteiger partial charge in [0, 0.05) is 18.8 Å². The second-order valence-corrected chi connectivity index (χ2v) is 4.78. The maximum Gasteiger partial charge on any atom is 0.0401 e. The minimum absolute atomic E-state index is 0.736. The number of aryl methyl sites for hydroxylation is 3. The number of nitrogens with zero attached hydrogens (tertiary/aromatic N) is 1. The number of fused-ring (bicyclic) bond motifs is 1. The smallest absolute Gasteiger partial charge is 0.0401 e. The summed E-state index contributed by atoms with van der Waals surface area (Å²) in [6, 6.07) is 5.46. The summed E-state index contributed by atoms with van der Waals surface area (Å²) in [6.45, 7) is 6.70. The van der Waals surface area contributed by atoms with Crippen molar-refractivity contribution in [1.29, 1.82) is 0 Å². The number of benzene rings is 1. The molecule has 0 saturated carbocycles. The minimum atomic E-state index is 0.736. The third-order valence-electron chi connectivity index (χ3n) is 3.84. The van der Waals surface area contributed by atoms with Crippen LogP contribution < -0.4 is 4.90 Å². The van der Waals surface area contributed by atoms with E-state index in [2.05, 4.69) is 44.9 Å². The fraction of sp³-hybridized carbons (Fsp3) is 0.571. The highest BCUT2D eigenvalue weighted by Crippen LogP contribution is 2.32. The maximum absolute atomic E-state index is 2.46. The van der Waals surface area contributed by atoms with E-state index in [0.29, 0.717) is 0 Å². The van der Waals surface area contributed by atoms with Crippen molar-refractivity contribution < 1.29 is 0 Å². The van der Waals surface area contributed by atoms with Crippen molar-refractivity contribution in [2.75, 3.05) is 11.9 Å². The Balaban J connectivity index is 2.43. The fourth-order valence-corrected chi connectivity index (χ4v) is 2.58. The lowest BCUT2D eigenvalue weighted by Gasteiger charge is -2.36. The molecule has 0 N–H and O–H groups in total. The molecular formula is C14H21N. The van der Waals surface area contributed by atoms with E-state index in [0.717, 1.165) is 6.04 Å². The third-order valence-corrected chi connectivity index (χ3v) is 3.84. The van der Waals surface area contributed by atoms with Crippen molar-refractivity contribution in [1.82, 2.24) is 0 Å². The number of rotatable bonds is 1. The zero-order valence-corrected chi connectivity index (χ0v) is 10.3. The van der Waals surface area contributed by atoms with Crippen molar-refractivity contribution in [3.63, 3.8) is 0 Å². The predicted molar refractivity (Wildman–Crippen MR) is 66.7 cm³/mol. The van der Waals surface area contributed by atoms with Gasteiger partial charge in [-0.2, -0.15) is 0 Å². The Morgan fingerprint density at radius 1 is 1.27 bits per heavy atom. The van der Waals surface area contributed by atoms with Gasteiger partial charge in [0.1, 0.15) is 0 Å². The van der Waals surface area contributed by atoms with Gasteiger partial charge in [0.2, 0.25) is 0 Å². The highest BCUT2D eigenvalue weighted by Gasteiger charge is 2.22. The van der Waals surface area contributed by atoms with E-state index in [1.807, 2.05) is 0 Å². The first kappa shape index (κ1) is 10.5. The summed E-state index contributed by atoms with van der Waals surface area (Å²) in [5.41, 5.74) is 5.83. The van der Waals surface area contributed by atoms with Crippen molar-refractivity contribution >= 4 is 5.69 Å². The van der Waals surface area contributed by atoms with Crippen LogP contribution in [0.5, 0.6) is 0 Å². The van der Waals surface area contributed by atoms with Gasteiger partial charge >= 0.3 is 0 Å². The van der Waals surface area contributed by atoms with Crippen LogP contribution >= 0.6 is 0 Å². The van der Waals surface area contributed by atoms with Crippen molar-refractivity contribution in [3.05, 3.63) is 28.8 Å². The van der Waals surface area contributed by atoms with Gasteiger partial charge in [0.15, 0.2) is 0 Å². The van der Waals surface area contributed by atoms with E-state index >= 15 is 0 Å². The van der Waals surface area contributed by atoms with Gasteiger partial charge < -0.3 is 4.90 Å². The van der Waals surface area contributed by atoms with Crippen molar-refractivity contribution in [2.24, 2.45) is 0 Å². The molecule has 1 aliphatic rings. The molecule has 1 aliphatic heterocycles. The van der Waals surface area contributed by atoms with Crippen LogP contribution in [-0.4, -0.2) is 13.1 Å².